The number of carbonyl (C=O) groups excluding carboxylic acids is 1. The Kier molecular flexibility index (Phi) is 5.83. The van der Waals surface area contributed by atoms with E-state index in [1.54, 1.807) is 0 Å². The number of amides is 1. The van der Waals surface area contributed by atoms with E-state index in [9.17, 15) is 9.90 Å². The molecule has 0 aromatic carbocycles. The Balaban J connectivity index is 1.55. The first-order chi connectivity index (χ1) is 11.6. The zero-order chi connectivity index (χ0) is 17.2. The molecule has 1 spiro atoms. The van der Waals surface area contributed by atoms with Crippen LogP contribution in [0.3, 0.4) is 0 Å². The van der Waals surface area contributed by atoms with Crippen molar-refractivity contribution in [2.24, 2.45) is 5.41 Å². The molecule has 0 aromatic heterocycles. The van der Waals surface area contributed by atoms with Gasteiger partial charge in [0.15, 0.2) is 0 Å². The van der Waals surface area contributed by atoms with Gasteiger partial charge in [-0.25, -0.2) is 0 Å². The van der Waals surface area contributed by atoms with Gasteiger partial charge >= 0.3 is 0 Å². The minimum atomic E-state index is -0.455. The Morgan fingerprint density at radius 1 is 1.33 bits per heavy atom. The lowest BCUT2D eigenvalue weighted by Crippen LogP contribution is -2.65. The summed E-state index contributed by atoms with van der Waals surface area (Å²) in [6, 6.07) is 0.512. The zero-order valence-corrected chi connectivity index (χ0v) is 15.4. The van der Waals surface area contributed by atoms with Gasteiger partial charge in [0.1, 0.15) is 0 Å². The van der Waals surface area contributed by atoms with E-state index in [1.807, 2.05) is 4.90 Å². The topological polar surface area (TPSA) is 53.0 Å². The second-order valence-electron chi connectivity index (χ2n) is 8.03. The Bertz CT molecular complexity index is 436. The van der Waals surface area contributed by atoms with Crippen molar-refractivity contribution < 1.29 is 14.6 Å². The largest absolute Gasteiger partial charge is 0.390 e. The van der Waals surface area contributed by atoms with Crippen molar-refractivity contribution in [1.29, 1.82) is 0 Å². The van der Waals surface area contributed by atoms with Gasteiger partial charge in [0.2, 0.25) is 5.91 Å². The number of aliphatic hydroxyl groups is 1. The van der Waals surface area contributed by atoms with Crippen LogP contribution >= 0.6 is 0 Å². The van der Waals surface area contributed by atoms with E-state index in [1.165, 1.54) is 32.1 Å². The Morgan fingerprint density at radius 2 is 2.08 bits per heavy atom. The lowest BCUT2D eigenvalue weighted by molar-refractivity contribution is -0.181. The van der Waals surface area contributed by atoms with Gasteiger partial charge in [0, 0.05) is 44.1 Å². The molecular weight excluding hydrogens is 304 g/mol. The summed E-state index contributed by atoms with van der Waals surface area (Å²) < 4.78 is 6.04. The molecule has 2 saturated carbocycles. The summed E-state index contributed by atoms with van der Waals surface area (Å²) in [5, 5.41) is 10.5. The Hall–Kier alpha value is -0.650. The van der Waals surface area contributed by atoms with Gasteiger partial charge in [-0.3, -0.25) is 4.79 Å². The fraction of sp³-hybridized carbons (Fsp3) is 0.947. The standard InChI is InChI=1S/C19H34N2O3/c1-3-24-17-12-16(19(17)9-5-4-6-10-19)20(2)13-15(22)14-21-11-7-8-18(21)23/h15-17,22H,3-14H2,1-2H3/t15-,16-,17+/m0/s1. The first kappa shape index (κ1) is 18.2. The van der Waals surface area contributed by atoms with Crippen LogP contribution in [0.4, 0.5) is 0 Å². The molecule has 3 fully saturated rings. The van der Waals surface area contributed by atoms with E-state index >= 15 is 0 Å². The molecule has 24 heavy (non-hydrogen) atoms. The second kappa shape index (κ2) is 7.71. The molecule has 5 heteroatoms. The van der Waals surface area contributed by atoms with Crippen LogP contribution in [0, 0.1) is 5.41 Å². The molecule has 0 radical (unpaired) electrons. The van der Waals surface area contributed by atoms with Crippen LogP contribution in [0.15, 0.2) is 0 Å². The van der Waals surface area contributed by atoms with Gasteiger partial charge in [0.25, 0.3) is 0 Å². The monoisotopic (exact) mass is 338 g/mol. The molecule has 3 atom stereocenters. The molecule has 3 rings (SSSR count). The third-order valence-electron chi connectivity index (χ3n) is 6.53. The third kappa shape index (κ3) is 3.49. The summed E-state index contributed by atoms with van der Waals surface area (Å²) in [6.45, 7) is 4.82. The number of likely N-dealkylation sites (N-methyl/N-ethyl adjacent to an activating group) is 1. The van der Waals surface area contributed by atoms with Crippen LogP contribution in [0.1, 0.15) is 58.3 Å². The third-order valence-corrected chi connectivity index (χ3v) is 6.53. The number of ether oxygens (including phenoxy) is 1. The maximum Gasteiger partial charge on any atom is 0.222 e. The summed E-state index contributed by atoms with van der Waals surface area (Å²) in [4.78, 5) is 15.9. The number of β-amino-alcohol motifs (C(OH)–C–C–N with tert-alkyl or cyclic N) is 1. The lowest BCUT2D eigenvalue weighted by atomic mass is 9.54. The number of carbonyl (C=O) groups is 1. The fourth-order valence-corrected chi connectivity index (χ4v) is 5.31. The van der Waals surface area contributed by atoms with Crippen LogP contribution in [-0.2, 0) is 9.53 Å². The summed E-state index contributed by atoms with van der Waals surface area (Å²) in [5.41, 5.74) is 0.298. The zero-order valence-electron chi connectivity index (χ0n) is 15.4. The van der Waals surface area contributed by atoms with E-state index in [-0.39, 0.29) is 5.91 Å². The summed E-state index contributed by atoms with van der Waals surface area (Å²) in [7, 11) is 2.14. The molecule has 1 N–H and O–H groups in total. The molecule has 138 valence electrons. The van der Waals surface area contributed by atoms with Gasteiger partial charge in [-0.05, 0) is 39.7 Å². The molecule has 1 heterocycles. The van der Waals surface area contributed by atoms with Crippen molar-refractivity contribution in [2.75, 3.05) is 33.3 Å². The minimum Gasteiger partial charge on any atom is -0.390 e. The second-order valence-corrected chi connectivity index (χ2v) is 8.03. The highest BCUT2D eigenvalue weighted by molar-refractivity contribution is 5.78. The fourth-order valence-electron chi connectivity index (χ4n) is 5.31. The van der Waals surface area contributed by atoms with E-state index in [4.69, 9.17) is 4.74 Å². The normalized spacial score (nSPS) is 30.8. The molecular formula is C19H34N2O3. The van der Waals surface area contributed by atoms with Crippen LogP contribution < -0.4 is 0 Å². The predicted octanol–water partition coefficient (Wildman–Crippen LogP) is 2.03. The number of hydrogen-bond acceptors (Lipinski definition) is 4. The highest BCUT2D eigenvalue weighted by Crippen LogP contribution is 2.55. The van der Waals surface area contributed by atoms with Crippen molar-refractivity contribution in [3.05, 3.63) is 0 Å². The van der Waals surface area contributed by atoms with E-state index in [0.717, 1.165) is 26.0 Å². The quantitative estimate of drug-likeness (QED) is 0.772. The molecule has 3 aliphatic rings. The number of aliphatic hydroxyl groups excluding tert-OH is 1. The molecule has 0 aromatic rings. The van der Waals surface area contributed by atoms with Gasteiger partial charge in [-0.2, -0.15) is 0 Å². The molecule has 5 nitrogen and oxygen atoms in total. The van der Waals surface area contributed by atoms with Crippen molar-refractivity contribution in [3.8, 4) is 0 Å². The molecule has 1 aliphatic heterocycles. The van der Waals surface area contributed by atoms with Crippen LogP contribution in [0.25, 0.3) is 0 Å². The van der Waals surface area contributed by atoms with Gasteiger partial charge < -0.3 is 19.6 Å². The van der Waals surface area contributed by atoms with Gasteiger partial charge in [0.05, 0.1) is 12.2 Å². The summed E-state index contributed by atoms with van der Waals surface area (Å²) >= 11 is 0. The van der Waals surface area contributed by atoms with Crippen molar-refractivity contribution in [1.82, 2.24) is 9.80 Å². The average molecular weight is 338 g/mol. The molecule has 1 saturated heterocycles. The number of hydrogen-bond donors (Lipinski definition) is 1. The van der Waals surface area contributed by atoms with Gasteiger partial charge in [-0.15, -0.1) is 0 Å². The lowest BCUT2D eigenvalue weighted by Gasteiger charge is -2.60. The maximum atomic E-state index is 11.7. The minimum absolute atomic E-state index is 0.195. The van der Waals surface area contributed by atoms with E-state index < -0.39 is 6.10 Å². The number of likely N-dealkylation sites (tertiary alicyclic amines) is 1. The first-order valence-electron chi connectivity index (χ1n) is 9.84. The summed E-state index contributed by atoms with van der Waals surface area (Å²) in [6.07, 6.45) is 9.07. The highest BCUT2D eigenvalue weighted by atomic mass is 16.5. The molecule has 2 aliphatic carbocycles. The van der Waals surface area contributed by atoms with Crippen molar-refractivity contribution in [2.45, 2.75) is 76.5 Å². The summed E-state index contributed by atoms with van der Waals surface area (Å²) in [5.74, 6) is 0.195. The van der Waals surface area contributed by atoms with Crippen molar-refractivity contribution in [3.63, 3.8) is 0 Å². The first-order valence-corrected chi connectivity index (χ1v) is 9.84. The van der Waals surface area contributed by atoms with Gasteiger partial charge in [-0.1, -0.05) is 19.3 Å². The molecule has 1 amide bonds. The Labute approximate surface area is 146 Å². The van der Waals surface area contributed by atoms with Crippen LogP contribution in [0.2, 0.25) is 0 Å². The average Bonchev–Trinajstić information content (AvgIpc) is 2.96. The maximum absolute atomic E-state index is 11.7. The van der Waals surface area contributed by atoms with Crippen LogP contribution in [-0.4, -0.2) is 72.4 Å². The molecule has 0 bridgehead atoms. The predicted molar refractivity (Wildman–Crippen MR) is 93.8 cm³/mol. The number of nitrogens with zero attached hydrogens (tertiary/aromatic N) is 2. The highest BCUT2D eigenvalue weighted by Gasteiger charge is 2.56. The van der Waals surface area contributed by atoms with Crippen molar-refractivity contribution >= 4 is 5.91 Å². The number of rotatable bonds is 7. The van der Waals surface area contributed by atoms with E-state index in [2.05, 4.69) is 18.9 Å². The SMILES string of the molecule is CCO[C@@H]1C[C@H](N(C)C[C@H](O)CN2CCCC2=O)C12CCCCC2. The van der Waals surface area contributed by atoms with Crippen LogP contribution in [0.5, 0.6) is 0 Å². The van der Waals surface area contributed by atoms with E-state index in [0.29, 0.717) is 37.1 Å². The smallest absolute Gasteiger partial charge is 0.222 e. The molecule has 0 unspecified atom stereocenters. The Morgan fingerprint density at radius 3 is 2.71 bits per heavy atom.